The molecule has 0 saturated heterocycles. The summed E-state index contributed by atoms with van der Waals surface area (Å²) in [4.78, 5) is 23.1. The van der Waals surface area contributed by atoms with Crippen LogP contribution in [0.2, 0.25) is 0 Å². The molecule has 2 aromatic rings. The van der Waals surface area contributed by atoms with Crippen LogP contribution < -0.4 is 16.6 Å². The van der Waals surface area contributed by atoms with Gasteiger partial charge < -0.3 is 15.6 Å². The molecule has 6 heteroatoms. The maximum atomic E-state index is 13.0. The minimum atomic E-state index is -0.571. The minimum Gasteiger partial charge on any atom is -0.396 e. The highest BCUT2D eigenvalue weighted by molar-refractivity contribution is 6.04. The molecule has 0 saturated carbocycles. The topological polar surface area (TPSA) is 77.1 Å². The predicted octanol–water partition coefficient (Wildman–Crippen LogP) is 1.36. The van der Waals surface area contributed by atoms with Crippen molar-refractivity contribution in [2.24, 2.45) is 7.05 Å². The van der Waals surface area contributed by atoms with Gasteiger partial charge in [0.15, 0.2) is 0 Å². The van der Waals surface area contributed by atoms with E-state index in [4.69, 9.17) is 5.73 Å². The molecular formula is C13H12FN3O2. The van der Waals surface area contributed by atoms with Gasteiger partial charge in [-0.05, 0) is 24.3 Å². The molecule has 1 aromatic carbocycles. The normalized spacial score (nSPS) is 10.2. The van der Waals surface area contributed by atoms with Crippen LogP contribution in [0.25, 0.3) is 0 Å². The summed E-state index contributed by atoms with van der Waals surface area (Å²) < 4.78 is 14.3. The molecule has 0 fully saturated rings. The van der Waals surface area contributed by atoms with E-state index >= 15 is 0 Å². The second kappa shape index (κ2) is 4.93. The summed E-state index contributed by atoms with van der Waals surface area (Å²) in [6.07, 6.45) is 1.49. The van der Waals surface area contributed by atoms with Crippen LogP contribution >= 0.6 is 0 Å². The summed E-state index contributed by atoms with van der Waals surface area (Å²) in [5, 5.41) is 2.60. The SMILES string of the molecule is Cn1cc(NC(=O)c2ccc(F)c(N)c2)ccc1=O. The zero-order valence-electron chi connectivity index (χ0n) is 10.2. The average molecular weight is 261 g/mol. The van der Waals surface area contributed by atoms with Crippen molar-refractivity contribution in [3.8, 4) is 0 Å². The highest BCUT2D eigenvalue weighted by Gasteiger charge is 2.08. The van der Waals surface area contributed by atoms with Gasteiger partial charge in [0, 0.05) is 24.9 Å². The second-order valence-corrected chi connectivity index (χ2v) is 4.06. The van der Waals surface area contributed by atoms with Crippen LogP contribution in [0.3, 0.4) is 0 Å². The molecule has 0 aliphatic heterocycles. The van der Waals surface area contributed by atoms with Gasteiger partial charge in [-0.15, -0.1) is 0 Å². The van der Waals surface area contributed by atoms with Gasteiger partial charge in [0.2, 0.25) is 5.56 Å². The third kappa shape index (κ3) is 2.79. The molecule has 0 radical (unpaired) electrons. The van der Waals surface area contributed by atoms with Crippen molar-refractivity contribution in [1.29, 1.82) is 0 Å². The summed E-state index contributed by atoms with van der Waals surface area (Å²) in [7, 11) is 1.58. The van der Waals surface area contributed by atoms with E-state index in [0.717, 1.165) is 6.07 Å². The van der Waals surface area contributed by atoms with E-state index in [2.05, 4.69) is 5.32 Å². The zero-order chi connectivity index (χ0) is 14.0. The van der Waals surface area contributed by atoms with Crippen LogP contribution in [0, 0.1) is 5.82 Å². The Morgan fingerprint density at radius 1 is 1.32 bits per heavy atom. The maximum Gasteiger partial charge on any atom is 0.255 e. The first-order chi connectivity index (χ1) is 8.97. The lowest BCUT2D eigenvalue weighted by Gasteiger charge is -2.07. The number of amides is 1. The molecule has 0 unspecified atom stereocenters. The average Bonchev–Trinajstić information content (AvgIpc) is 2.37. The van der Waals surface area contributed by atoms with Crippen molar-refractivity contribution < 1.29 is 9.18 Å². The zero-order valence-corrected chi connectivity index (χ0v) is 10.2. The van der Waals surface area contributed by atoms with E-state index in [-0.39, 0.29) is 16.8 Å². The second-order valence-electron chi connectivity index (χ2n) is 4.06. The number of rotatable bonds is 2. The number of nitrogens with zero attached hydrogens (tertiary/aromatic N) is 1. The largest absolute Gasteiger partial charge is 0.396 e. The lowest BCUT2D eigenvalue weighted by Crippen LogP contribution is -2.18. The molecule has 98 valence electrons. The number of aryl methyl sites for hydroxylation is 1. The Hall–Kier alpha value is -2.63. The van der Waals surface area contributed by atoms with Gasteiger partial charge in [0.05, 0.1) is 11.4 Å². The number of carbonyl (C=O) groups excluding carboxylic acids is 1. The molecule has 19 heavy (non-hydrogen) atoms. The Balaban J connectivity index is 2.22. The number of nitrogens with two attached hydrogens (primary N) is 1. The summed E-state index contributed by atoms with van der Waals surface area (Å²) in [5.74, 6) is -0.996. The number of nitrogens with one attached hydrogen (secondary N) is 1. The molecule has 5 nitrogen and oxygen atoms in total. The number of hydrogen-bond acceptors (Lipinski definition) is 3. The van der Waals surface area contributed by atoms with Gasteiger partial charge in [-0.25, -0.2) is 4.39 Å². The van der Waals surface area contributed by atoms with Gasteiger partial charge in [0.1, 0.15) is 5.82 Å². The number of halogens is 1. The molecule has 0 atom stereocenters. The van der Waals surface area contributed by atoms with E-state index in [1.165, 1.54) is 35.0 Å². The van der Waals surface area contributed by atoms with Crippen LogP contribution in [-0.4, -0.2) is 10.5 Å². The van der Waals surface area contributed by atoms with Gasteiger partial charge in [0.25, 0.3) is 5.91 Å². The van der Waals surface area contributed by atoms with Gasteiger partial charge in [-0.3, -0.25) is 9.59 Å². The fourth-order valence-corrected chi connectivity index (χ4v) is 1.56. The van der Waals surface area contributed by atoms with E-state index in [0.29, 0.717) is 5.69 Å². The van der Waals surface area contributed by atoms with Crippen LogP contribution in [0.1, 0.15) is 10.4 Å². The Kier molecular flexibility index (Phi) is 3.33. The maximum absolute atomic E-state index is 13.0. The first-order valence-electron chi connectivity index (χ1n) is 5.50. The van der Waals surface area contributed by atoms with Crippen molar-refractivity contribution in [2.75, 3.05) is 11.1 Å². The monoisotopic (exact) mass is 261 g/mol. The molecule has 1 heterocycles. The number of anilines is 2. The summed E-state index contributed by atoms with van der Waals surface area (Å²) >= 11 is 0. The predicted molar refractivity (Wildman–Crippen MR) is 70.4 cm³/mol. The number of hydrogen-bond donors (Lipinski definition) is 2. The molecular weight excluding hydrogens is 249 g/mol. The van der Waals surface area contributed by atoms with Crippen LogP contribution in [0.15, 0.2) is 41.3 Å². The number of carbonyl (C=O) groups is 1. The minimum absolute atomic E-state index is 0.0897. The third-order valence-electron chi connectivity index (χ3n) is 2.60. The molecule has 3 N–H and O–H groups in total. The van der Waals surface area contributed by atoms with E-state index < -0.39 is 11.7 Å². The van der Waals surface area contributed by atoms with E-state index in [9.17, 15) is 14.0 Å². The first-order valence-corrected chi connectivity index (χ1v) is 5.50. The first kappa shape index (κ1) is 12.8. The molecule has 0 aliphatic rings. The van der Waals surface area contributed by atoms with Gasteiger partial charge in [-0.1, -0.05) is 0 Å². The standard InChI is InChI=1S/C13H12FN3O2/c1-17-7-9(3-5-12(17)18)16-13(19)8-2-4-10(14)11(15)6-8/h2-7H,15H2,1H3,(H,16,19). The summed E-state index contributed by atoms with van der Waals surface area (Å²) in [6, 6.07) is 6.56. The van der Waals surface area contributed by atoms with Crippen LogP contribution in [-0.2, 0) is 7.05 Å². The number of aromatic nitrogens is 1. The molecule has 0 bridgehead atoms. The van der Waals surface area contributed by atoms with Crippen molar-refractivity contribution in [3.63, 3.8) is 0 Å². The van der Waals surface area contributed by atoms with E-state index in [1.54, 1.807) is 7.05 Å². The van der Waals surface area contributed by atoms with Crippen LogP contribution in [0.4, 0.5) is 15.8 Å². The molecule has 1 aromatic heterocycles. The lowest BCUT2D eigenvalue weighted by molar-refractivity contribution is 0.102. The number of pyridine rings is 1. The fourth-order valence-electron chi connectivity index (χ4n) is 1.56. The Bertz CT molecular complexity index is 695. The quantitative estimate of drug-likeness (QED) is 0.801. The lowest BCUT2D eigenvalue weighted by atomic mass is 10.2. The smallest absolute Gasteiger partial charge is 0.255 e. The molecule has 0 aliphatic carbocycles. The fraction of sp³-hybridized carbons (Fsp3) is 0.0769. The van der Waals surface area contributed by atoms with Gasteiger partial charge >= 0.3 is 0 Å². The molecule has 0 spiro atoms. The summed E-state index contributed by atoms with van der Waals surface area (Å²) in [5.41, 5.74) is 5.84. The van der Waals surface area contributed by atoms with Crippen molar-refractivity contribution in [1.82, 2.24) is 4.57 Å². The third-order valence-corrected chi connectivity index (χ3v) is 2.60. The van der Waals surface area contributed by atoms with Gasteiger partial charge in [-0.2, -0.15) is 0 Å². The number of nitrogen functional groups attached to an aromatic ring is 1. The highest BCUT2D eigenvalue weighted by atomic mass is 19.1. The molecule has 2 rings (SSSR count). The summed E-state index contributed by atoms with van der Waals surface area (Å²) in [6.45, 7) is 0. The Morgan fingerprint density at radius 2 is 2.05 bits per heavy atom. The highest BCUT2D eigenvalue weighted by Crippen LogP contribution is 2.14. The molecule has 1 amide bonds. The Labute approximate surface area is 108 Å². The van der Waals surface area contributed by atoms with Crippen molar-refractivity contribution >= 4 is 17.3 Å². The van der Waals surface area contributed by atoms with Crippen molar-refractivity contribution in [2.45, 2.75) is 0 Å². The van der Waals surface area contributed by atoms with E-state index in [1.807, 2.05) is 0 Å². The number of benzene rings is 1. The Morgan fingerprint density at radius 3 is 2.68 bits per heavy atom. The van der Waals surface area contributed by atoms with Crippen LogP contribution in [0.5, 0.6) is 0 Å². The van der Waals surface area contributed by atoms with Crippen molar-refractivity contribution in [3.05, 3.63) is 58.3 Å².